The highest BCUT2D eigenvalue weighted by Gasteiger charge is 2.46. The summed E-state index contributed by atoms with van der Waals surface area (Å²) in [5.74, 6) is 2.12. The van der Waals surface area contributed by atoms with Gasteiger partial charge in [0.1, 0.15) is 5.76 Å². The first-order chi connectivity index (χ1) is 11.6. The van der Waals surface area contributed by atoms with Crippen LogP contribution < -0.4 is 0 Å². The van der Waals surface area contributed by atoms with Crippen molar-refractivity contribution < 1.29 is 14.0 Å². The van der Waals surface area contributed by atoms with E-state index >= 15 is 0 Å². The van der Waals surface area contributed by atoms with Crippen LogP contribution in [0.25, 0.3) is 0 Å². The fraction of sp³-hybridized carbons (Fsp3) is 0.684. The number of piperidine rings is 2. The highest BCUT2D eigenvalue weighted by atomic mass is 16.4. The maximum Gasteiger partial charge on any atom is 0.289 e. The van der Waals surface area contributed by atoms with Crippen LogP contribution in [0.15, 0.2) is 10.5 Å². The van der Waals surface area contributed by atoms with E-state index in [2.05, 4.69) is 4.90 Å². The molecular weight excluding hydrogens is 304 g/mol. The highest BCUT2D eigenvalue weighted by molar-refractivity contribution is 5.92. The van der Waals surface area contributed by atoms with Gasteiger partial charge in [-0.2, -0.15) is 0 Å². The summed E-state index contributed by atoms with van der Waals surface area (Å²) >= 11 is 0. The van der Waals surface area contributed by atoms with Crippen molar-refractivity contribution in [1.82, 2.24) is 9.80 Å². The Kier molecular flexibility index (Phi) is 3.89. The van der Waals surface area contributed by atoms with Gasteiger partial charge in [-0.05, 0) is 50.2 Å². The Labute approximate surface area is 143 Å². The molecule has 0 aromatic carbocycles. The fourth-order valence-electron chi connectivity index (χ4n) is 4.44. The molecule has 24 heavy (non-hydrogen) atoms. The third-order valence-electron chi connectivity index (χ3n) is 5.85. The monoisotopic (exact) mass is 330 g/mol. The van der Waals surface area contributed by atoms with Crippen LogP contribution in [0.5, 0.6) is 0 Å². The van der Waals surface area contributed by atoms with Crippen molar-refractivity contribution in [2.75, 3.05) is 13.1 Å². The number of nitrogens with zero attached hydrogens (tertiary/aromatic N) is 2. The SMILES string of the molecule is CCc1oc(C(=O)N2CC[C@H]3[C@H](CCC(=O)N3C3CC3)C2)cc1C. The predicted molar refractivity (Wildman–Crippen MR) is 89.7 cm³/mol. The summed E-state index contributed by atoms with van der Waals surface area (Å²) in [6.45, 7) is 5.50. The molecule has 1 aliphatic carbocycles. The van der Waals surface area contributed by atoms with E-state index in [-0.39, 0.29) is 5.91 Å². The van der Waals surface area contributed by atoms with E-state index in [1.165, 1.54) is 0 Å². The van der Waals surface area contributed by atoms with Crippen molar-refractivity contribution in [2.24, 2.45) is 5.92 Å². The lowest BCUT2D eigenvalue weighted by Gasteiger charge is -2.47. The summed E-state index contributed by atoms with van der Waals surface area (Å²) in [4.78, 5) is 29.2. The molecule has 2 amide bonds. The summed E-state index contributed by atoms with van der Waals surface area (Å²) in [7, 11) is 0. The molecule has 0 spiro atoms. The average molecular weight is 330 g/mol. The second-order valence-electron chi connectivity index (χ2n) is 7.51. The molecule has 3 aliphatic rings. The molecule has 3 heterocycles. The van der Waals surface area contributed by atoms with Gasteiger partial charge in [0.2, 0.25) is 5.91 Å². The lowest BCUT2D eigenvalue weighted by Crippen LogP contribution is -2.57. The van der Waals surface area contributed by atoms with Gasteiger partial charge < -0.3 is 14.2 Å². The van der Waals surface area contributed by atoms with Crippen molar-refractivity contribution in [2.45, 2.75) is 64.5 Å². The van der Waals surface area contributed by atoms with Crippen molar-refractivity contribution in [1.29, 1.82) is 0 Å². The normalized spacial score (nSPS) is 27.3. The number of likely N-dealkylation sites (tertiary alicyclic amines) is 2. The van der Waals surface area contributed by atoms with E-state index in [4.69, 9.17) is 4.42 Å². The lowest BCUT2D eigenvalue weighted by atomic mass is 9.83. The Balaban J connectivity index is 1.47. The zero-order chi connectivity index (χ0) is 16.8. The van der Waals surface area contributed by atoms with Crippen LogP contribution in [0.3, 0.4) is 0 Å². The minimum absolute atomic E-state index is 0.00567. The summed E-state index contributed by atoms with van der Waals surface area (Å²) < 4.78 is 5.75. The number of hydrogen-bond acceptors (Lipinski definition) is 3. The molecule has 5 heteroatoms. The molecule has 1 aromatic heterocycles. The maximum absolute atomic E-state index is 12.8. The maximum atomic E-state index is 12.8. The van der Waals surface area contributed by atoms with Crippen LogP contribution in [0, 0.1) is 12.8 Å². The molecule has 130 valence electrons. The van der Waals surface area contributed by atoms with Gasteiger partial charge in [0.05, 0.1) is 0 Å². The molecule has 5 nitrogen and oxygen atoms in total. The first kappa shape index (κ1) is 15.7. The number of fused-ring (bicyclic) bond motifs is 1. The Morgan fingerprint density at radius 1 is 1.29 bits per heavy atom. The van der Waals surface area contributed by atoms with Crippen LogP contribution >= 0.6 is 0 Å². The van der Waals surface area contributed by atoms with E-state index in [0.717, 1.165) is 56.5 Å². The van der Waals surface area contributed by atoms with Gasteiger partial charge in [0.15, 0.2) is 5.76 Å². The predicted octanol–water partition coefficient (Wildman–Crippen LogP) is 2.77. The Morgan fingerprint density at radius 2 is 2.08 bits per heavy atom. The van der Waals surface area contributed by atoms with Crippen LogP contribution in [0.2, 0.25) is 0 Å². The minimum Gasteiger partial charge on any atom is -0.456 e. The summed E-state index contributed by atoms with van der Waals surface area (Å²) in [5, 5.41) is 0. The molecule has 1 aromatic rings. The number of rotatable bonds is 3. The van der Waals surface area contributed by atoms with Gasteiger partial charge in [-0.1, -0.05) is 6.92 Å². The Bertz CT molecular complexity index is 662. The molecule has 0 N–H and O–H groups in total. The van der Waals surface area contributed by atoms with Gasteiger partial charge >= 0.3 is 0 Å². The number of hydrogen-bond donors (Lipinski definition) is 0. The van der Waals surface area contributed by atoms with Gasteiger partial charge in [-0.3, -0.25) is 9.59 Å². The minimum atomic E-state index is 0.00567. The number of carbonyl (C=O) groups is 2. The van der Waals surface area contributed by atoms with Crippen LogP contribution in [0.4, 0.5) is 0 Å². The molecule has 2 saturated heterocycles. The molecule has 0 bridgehead atoms. The molecule has 0 unspecified atom stereocenters. The molecule has 3 fully saturated rings. The first-order valence-corrected chi connectivity index (χ1v) is 9.28. The zero-order valence-corrected chi connectivity index (χ0v) is 14.6. The molecule has 2 aliphatic heterocycles. The summed E-state index contributed by atoms with van der Waals surface area (Å²) in [6, 6.07) is 2.69. The Morgan fingerprint density at radius 3 is 2.75 bits per heavy atom. The van der Waals surface area contributed by atoms with Crippen LogP contribution in [0.1, 0.15) is 60.9 Å². The third-order valence-corrected chi connectivity index (χ3v) is 5.85. The number of carbonyl (C=O) groups excluding carboxylic acids is 2. The van der Waals surface area contributed by atoms with Gasteiger partial charge in [-0.15, -0.1) is 0 Å². The first-order valence-electron chi connectivity index (χ1n) is 9.28. The smallest absolute Gasteiger partial charge is 0.289 e. The molecule has 4 rings (SSSR count). The largest absolute Gasteiger partial charge is 0.456 e. The zero-order valence-electron chi connectivity index (χ0n) is 14.6. The van der Waals surface area contributed by atoms with Gasteiger partial charge in [0, 0.05) is 38.0 Å². The number of amides is 2. The van der Waals surface area contributed by atoms with E-state index in [1.54, 1.807) is 0 Å². The van der Waals surface area contributed by atoms with Crippen molar-refractivity contribution >= 4 is 11.8 Å². The van der Waals surface area contributed by atoms with Gasteiger partial charge in [-0.25, -0.2) is 0 Å². The van der Waals surface area contributed by atoms with Gasteiger partial charge in [0.25, 0.3) is 5.91 Å². The van der Waals surface area contributed by atoms with Crippen LogP contribution in [-0.4, -0.2) is 46.8 Å². The highest BCUT2D eigenvalue weighted by Crippen LogP contribution is 2.39. The Hall–Kier alpha value is -1.78. The molecule has 0 radical (unpaired) electrons. The molecular formula is C19H26N2O3. The van der Waals surface area contributed by atoms with E-state index in [0.29, 0.717) is 36.1 Å². The van der Waals surface area contributed by atoms with Crippen molar-refractivity contribution in [3.05, 3.63) is 23.2 Å². The summed E-state index contributed by atoms with van der Waals surface area (Å²) in [5.41, 5.74) is 1.05. The number of furan rings is 1. The molecule has 2 atom stereocenters. The standard InChI is InChI=1S/C19H26N2O3/c1-3-16-12(2)10-17(24-16)19(23)20-9-8-15-13(11-20)4-7-18(22)21(15)14-5-6-14/h10,13-15H,3-9,11H2,1-2H3/t13-,15+/m1/s1. The lowest BCUT2D eigenvalue weighted by molar-refractivity contribution is -0.141. The third kappa shape index (κ3) is 2.64. The molecule has 1 saturated carbocycles. The second kappa shape index (κ2) is 5.94. The van der Waals surface area contributed by atoms with E-state index in [9.17, 15) is 9.59 Å². The summed E-state index contributed by atoms with van der Waals surface area (Å²) in [6.07, 6.45) is 5.57. The number of aryl methyl sites for hydroxylation is 2. The van der Waals surface area contributed by atoms with E-state index < -0.39 is 0 Å². The topological polar surface area (TPSA) is 53.8 Å². The fourth-order valence-corrected chi connectivity index (χ4v) is 4.44. The second-order valence-corrected chi connectivity index (χ2v) is 7.51. The van der Waals surface area contributed by atoms with Crippen LogP contribution in [-0.2, 0) is 11.2 Å². The quantitative estimate of drug-likeness (QED) is 0.856. The van der Waals surface area contributed by atoms with E-state index in [1.807, 2.05) is 24.8 Å². The van der Waals surface area contributed by atoms with Crippen molar-refractivity contribution in [3.63, 3.8) is 0 Å². The average Bonchev–Trinajstić information content (AvgIpc) is 3.35. The van der Waals surface area contributed by atoms with Crippen molar-refractivity contribution in [3.8, 4) is 0 Å².